The zero-order valence-electron chi connectivity index (χ0n) is 17.7. The van der Waals surface area contributed by atoms with E-state index in [0.717, 1.165) is 0 Å². The van der Waals surface area contributed by atoms with E-state index in [-0.39, 0.29) is 11.5 Å². The van der Waals surface area contributed by atoms with E-state index in [1.807, 2.05) is 0 Å². The number of hydrogen-bond acceptors (Lipinski definition) is 8. The van der Waals surface area contributed by atoms with E-state index in [9.17, 15) is 19.5 Å². The lowest BCUT2D eigenvalue weighted by molar-refractivity contribution is -0.133. The molecular weight excluding hydrogens is 404 g/mol. The van der Waals surface area contributed by atoms with Gasteiger partial charge in [-0.3, -0.25) is 14.4 Å². The third kappa shape index (κ3) is 7.27. The topological polar surface area (TPSA) is 108 Å². The van der Waals surface area contributed by atoms with Crippen LogP contribution in [0.25, 0.3) is 6.08 Å². The molecule has 164 valence electrons. The highest BCUT2D eigenvalue weighted by Crippen LogP contribution is 2.32. The van der Waals surface area contributed by atoms with Crippen molar-refractivity contribution in [1.29, 1.82) is 0 Å². The van der Waals surface area contributed by atoms with E-state index in [4.69, 9.17) is 18.9 Å². The molecule has 8 nitrogen and oxygen atoms in total. The number of benzene rings is 2. The Hall–Kier alpha value is -3.65. The van der Waals surface area contributed by atoms with Crippen molar-refractivity contribution in [2.24, 2.45) is 0 Å². The summed E-state index contributed by atoms with van der Waals surface area (Å²) in [5.41, 5.74) is 0.944. The second kappa shape index (κ2) is 10.9. The summed E-state index contributed by atoms with van der Waals surface area (Å²) >= 11 is 0. The van der Waals surface area contributed by atoms with Gasteiger partial charge in [0.2, 0.25) is 0 Å². The average molecular weight is 428 g/mol. The van der Waals surface area contributed by atoms with Gasteiger partial charge in [-0.1, -0.05) is 12.2 Å². The number of aliphatic hydroxyl groups is 1. The van der Waals surface area contributed by atoms with Crippen LogP contribution in [0.4, 0.5) is 0 Å². The fraction of sp³-hybridized carbons (Fsp3) is 0.261. The van der Waals surface area contributed by atoms with E-state index < -0.39 is 24.0 Å². The Kier molecular flexibility index (Phi) is 8.33. The fourth-order valence-corrected chi connectivity index (χ4v) is 2.69. The van der Waals surface area contributed by atoms with E-state index in [1.54, 1.807) is 37.3 Å². The largest absolute Gasteiger partial charge is 0.493 e. The molecule has 0 spiro atoms. The van der Waals surface area contributed by atoms with Gasteiger partial charge in [-0.05, 0) is 31.2 Å². The van der Waals surface area contributed by atoms with Crippen LogP contribution in [0.2, 0.25) is 0 Å². The first-order valence-electron chi connectivity index (χ1n) is 9.52. The molecule has 0 saturated carbocycles. The summed E-state index contributed by atoms with van der Waals surface area (Å²) < 4.78 is 20.8. The minimum absolute atomic E-state index is 0.171. The van der Waals surface area contributed by atoms with Gasteiger partial charge in [-0.25, -0.2) is 0 Å². The van der Waals surface area contributed by atoms with Gasteiger partial charge < -0.3 is 24.1 Å². The highest BCUT2D eigenvalue weighted by molar-refractivity contribution is 5.74. The summed E-state index contributed by atoms with van der Waals surface area (Å²) in [5, 5.41) is 10.7. The number of hydrogen-bond donors (Lipinski definition) is 1. The first kappa shape index (κ1) is 23.6. The van der Waals surface area contributed by atoms with Crippen molar-refractivity contribution in [1.82, 2.24) is 0 Å². The Morgan fingerprint density at radius 3 is 1.97 bits per heavy atom. The summed E-state index contributed by atoms with van der Waals surface area (Å²) in [4.78, 5) is 33.7. The molecule has 0 saturated heterocycles. The number of aliphatic hydroxyl groups excluding tert-OH is 1. The molecule has 0 bridgehead atoms. The van der Waals surface area contributed by atoms with Crippen molar-refractivity contribution in [3.05, 3.63) is 53.6 Å². The van der Waals surface area contributed by atoms with Crippen LogP contribution in [0.1, 0.15) is 44.9 Å². The predicted octanol–water partition coefficient (Wildman–Crippen LogP) is 3.61. The Morgan fingerprint density at radius 2 is 1.42 bits per heavy atom. The minimum Gasteiger partial charge on any atom is -0.493 e. The summed E-state index contributed by atoms with van der Waals surface area (Å²) in [6, 6.07) is 9.21. The van der Waals surface area contributed by atoms with Gasteiger partial charge in [-0.2, -0.15) is 0 Å². The Bertz CT molecular complexity index is 993. The van der Waals surface area contributed by atoms with Crippen molar-refractivity contribution in [3.8, 4) is 23.0 Å². The number of carbonyl (C=O) groups excluding carboxylic acids is 3. The molecule has 0 aliphatic rings. The summed E-state index contributed by atoms with van der Waals surface area (Å²) in [5.74, 6) is -0.460. The maximum Gasteiger partial charge on any atom is 0.308 e. The van der Waals surface area contributed by atoms with Crippen molar-refractivity contribution in [3.63, 3.8) is 0 Å². The summed E-state index contributed by atoms with van der Waals surface area (Å²) in [6.45, 7) is 5.94. The van der Waals surface area contributed by atoms with Crippen LogP contribution in [0.5, 0.6) is 23.0 Å². The van der Waals surface area contributed by atoms with Crippen LogP contribution < -0.4 is 18.9 Å². The maximum absolute atomic E-state index is 11.4. The zero-order valence-corrected chi connectivity index (χ0v) is 17.7. The molecule has 0 heterocycles. The number of carbonyl (C=O) groups is 3. The standard InChI is InChI=1S/C23H24O8/c1-5-28-23-13-19(30-15(3)25)9-10-20(23)21(27)11-7-17-6-8-18(29-14(2)24)12-22(17)31-16(4)26/h6-13,21,27H,5H2,1-4H3. The minimum atomic E-state index is -1.06. The molecule has 0 radical (unpaired) electrons. The van der Waals surface area contributed by atoms with Gasteiger partial charge in [0.1, 0.15) is 29.1 Å². The Balaban J connectivity index is 2.32. The molecule has 1 unspecified atom stereocenters. The maximum atomic E-state index is 11.4. The van der Waals surface area contributed by atoms with Gasteiger partial charge in [-0.15, -0.1) is 0 Å². The monoisotopic (exact) mass is 428 g/mol. The van der Waals surface area contributed by atoms with Crippen molar-refractivity contribution < 1.29 is 38.4 Å². The van der Waals surface area contributed by atoms with E-state index >= 15 is 0 Å². The lowest BCUT2D eigenvalue weighted by atomic mass is 10.1. The second-order valence-electron chi connectivity index (χ2n) is 6.42. The molecule has 2 aromatic rings. The van der Waals surface area contributed by atoms with Crippen LogP contribution in [0, 0.1) is 0 Å². The first-order chi connectivity index (χ1) is 14.7. The highest BCUT2D eigenvalue weighted by atomic mass is 16.5. The van der Waals surface area contributed by atoms with Gasteiger partial charge in [0.05, 0.1) is 6.61 Å². The SMILES string of the molecule is CCOc1cc(OC(C)=O)ccc1C(O)C=Cc1ccc(OC(C)=O)cc1OC(C)=O. The third-order valence-electron chi connectivity index (χ3n) is 3.82. The van der Waals surface area contributed by atoms with Crippen LogP contribution >= 0.6 is 0 Å². The molecule has 0 aliphatic heterocycles. The van der Waals surface area contributed by atoms with Crippen LogP contribution in [0.15, 0.2) is 42.5 Å². The van der Waals surface area contributed by atoms with Crippen LogP contribution in [0.3, 0.4) is 0 Å². The Labute approximate surface area is 180 Å². The van der Waals surface area contributed by atoms with Gasteiger partial charge in [0, 0.05) is 44.0 Å². The molecule has 2 aromatic carbocycles. The van der Waals surface area contributed by atoms with E-state index in [0.29, 0.717) is 29.2 Å². The molecule has 0 aliphatic carbocycles. The zero-order chi connectivity index (χ0) is 23.0. The molecule has 2 rings (SSSR count). The van der Waals surface area contributed by atoms with E-state index in [2.05, 4.69) is 0 Å². The molecule has 31 heavy (non-hydrogen) atoms. The fourth-order valence-electron chi connectivity index (χ4n) is 2.69. The van der Waals surface area contributed by atoms with Gasteiger partial charge in [0.25, 0.3) is 0 Å². The molecule has 1 N–H and O–H groups in total. The average Bonchev–Trinajstić information content (AvgIpc) is 2.66. The van der Waals surface area contributed by atoms with Gasteiger partial charge >= 0.3 is 17.9 Å². The predicted molar refractivity (Wildman–Crippen MR) is 112 cm³/mol. The lowest BCUT2D eigenvalue weighted by Gasteiger charge is -2.15. The number of ether oxygens (including phenoxy) is 4. The first-order valence-corrected chi connectivity index (χ1v) is 9.52. The quantitative estimate of drug-likeness (QED) is 0.502. The smallest absolute Gasteiger partial charge is 0.308 e. The van der Waals surface area contributed by atoms with Crippen molar-refractivity contribution in [2.75, 3.05) is 6.61 Å². The van der Waals surface area contributed by atoms with Crippen molar-refractivity contribution >= 4 is 24.0 Å². The second-order valence-corrected chi connectivity index (χ2v) is 6.42. The molecule has 0 amide bonds. The molecule has 0 fully saturated rings. The number of rotatable bonds is 8. The molecule has 0 aromatic heterocycles. The highest BCUT2D eigenvalue weighted by Gasteiger charge is 2.14. The number of esters is 3. The summed E-state index contributed by atoms with van der Waals surface area (Å²) in [7, 11) is 0. The van der Waals surface area contributed by atoms with E-state index in [1.165, 1.54) is 39.0 Å². The van der Waals surface area contributed by atoms with Crippen molar-refractivity contribution in [2.45, 2.75) is 33.8 Å². The van der Waals surface area contributed by atoms with Crippen LogP contribution in [-0.2, 0) is 14.4 Å². The van der Waals surface area contributed by atoms with Crippen LogP contribution in [-0.4, -0.2) is 29.6 Å². The normalized spacial score (nSPS) is 11.6. The molecular formula is C23H24O8. The third-order valence-corrected chi connectivity index (χ3v) is 3.82. The molecule has 1 atom stereocenters. The summed E-state index contributed by atoms with van der Waals surface area (Å²) in [6.07, 6.45) is 1.99. The Morgan fingerprint density at radius 1 is 0.871 bits per heavy atom. The lowest BCUT2D eigenvalue weighted by Crippen LogP contribution is -2.05. The van der Waals surface area contributed by atoms with Gasteiger partial charge in [0.15, 0.2) is 0 Å². The molecule has 8 heteroatoms.